The number of esters is 1. The van der Waals surface area contributed by atoms with Crippen molar-refractivity contribution in [1.29, 1.82) is 0 Å². The summed E-state index contributed by atoms with van der Waals surface area (Å²) in [5, 5.41) is 10.4. The highest BCUT2D eigenvalue weighted by atomic mass is 19.3. The zero-order valence-corrected chi connectivity index (χ0v) is 15.4. The first-order valence-corrected chi connectivity index (χ1v) is 8.77. The lowest BCUT2D eigenvalue weighted by atomic mass is 9.96. The van der Waals surface area contributed by atoms with E-state index in [2.05, 4.69) is 4.74 Å². The number of aliphatic hydroxyl groups excluding tert-OH is 1. The van der Waals surface area contributed by atoms with Gasteiger partial charge in [-0.05, 0) is 12.5 Å². The second-order valence-electron chi connectivity index (χ2n) is 6.07. The van der Waals surface area contributed by atoms with Crippen LogP contribution in [0.4, 0.5) is 8.78 Å². The summed E-state index contributed by atoms with van der Waals surface area (Å²) in [7, 11) is 1.16. The van der Waals surface area contributed by atoms with Crippen LogP contribution in [0.25, 0.3) is 6.08 Å². The SMILES string of the molecule is COC(=O)C(CC=Cc1ccccc1OC(F)F)[C@H](O)C(=O)N1CCOCC1. The summed E-state index contributed by atoms with van der Waals surface area (Å²) in [5.74, 6) is -2.46. The highest BCUT2D eigenvalue weighted by molar-refractivity contribution is 5.87. The zero-order valence-electron chi connectivity index (χ0n) is 15.4. The van der Waals surface area contributed by atoms with E-state index in [9.17, 15) is 23.5 Å². The van der Waals surface area contributed by atoms with Crippen molar-refractivity contribution in [2.24, 2.45) is 5.92 Å². The molecule has 0 aromatic heterocycles. The van der Waals surface area contributed by atoms with Crippen molar-refractivity contribution in [3.05, 3.63) is 35.9 Å². The fourth-order valence-corrected chi connectivity index (χ4v) is 2.81. The molecule has 0 bridgehead atoms. The van der Waals surface area contributed by atoms with Gasteiger partial charge in [-0.1, -0.05) is 30.4 Å². The number of halogens is 2. The Labute approximate surface area is 161 Å². The molecule has 2 rings (SSSR count). The number of rotatable bonds is 8. The summed E-state index contributed by atoms with van der Waals surface area (Å²) in [6, 6.07) is 6.15. The predicted molar refractivity (Wildman–Crippen MR) is 95.6 cm³/mol. The van der Waals surface area contributed by atoms with Gasteiger partial charge in [-0.25, -0.2) is 0 Å². The largest absolute Gasteiger partial charge is 0.469 e. The molecule has 0 saturated carbocycles. The first-order chi connectivity index (χ1) is 13.4. The molecule has 0 aliphatic carbocycles. The Balaban J connectivity index is 2.09. The molecule has 1 saturated heterocycles. The molecule has 1 N–H and O–H groups in total. The standard InChI is InChI=1S/C19H23F2NO6/c1-26-18(25)14(16(23)17(24)22-9-11-27-12-10-22)7-4-6-13-5-2-3-8-15(13)28-19(20)21/h2-6,8,14,16,19,23H,7,9-12H2,1H3/t14?,16-/m0/s1. The third-order valence-corrected chi connectivity index (χ3v) is 4.28. The highest BCUT2D eigenvalue weighted by Crippen LogP contribution is 2.23. The van der Waals surface area contributed by atoms with Crippen LogP contribution in [0.2, 0.25) is 0 Å². The fraction of sp³-hybridized carbons (Fsp3) is 0.474. The summed E-state index contributed by atoms with van der Waals surface area (Å²) in [6.45, 7) is -1.58. The monoisotopic (exact) mass is 399 g/mol. The van der Waals surface area contributed by atoms with Crippen molar-refractivity contribution in [2.45, 2.75) is 19.1 Å². The number of carbonyl (C=O) groups is 2. The van der Waals surface area contributed by atoms with Gasteiger partial charge in [0, 0.05) is 18.7 Å². The molecular formula is C19H23F2NO6. The number of carbonyl (C=O) groups excluding carboxylic acids is 2. The van der Waals surface area contributed by atoms with Gasteiger partial charge in [0.15, 0.2) is 0 Å². The molecule has 0 spiro atoms. The molecule has 1 fully saturated rings. The minimum absolute atomic E-state index is 0.0201. The molecule has 1 aliphatic rings. The van der Waals surface area contributed by atoms with Crippen molar-refractivity contribution < 1.29 is 37.7 Å². The molecule has 7 nitrogen and oxygen atoms in total. The number of hydrogen-bond acceptors (Lipinski definition) is 6. The van der Waals surface area contributed by atoms with E-state index in [1.54, 1.807) is 18.2 Å². The van der Waals surface area contributed by atoms with Gasteiger partial charge in [-0.3, -0.25) is 9.59 Å². The zero-order chi connectivity index (χ0) is 20.5. The molecule has 154 valence electrons. The second-order valence-corrected chi connectivity index (χ2v) is 6.07. The van der Waals surface area contributed by atoms with E-state index in [0.29, 0.717) is 31.9 Å². The summed E-state index contributed by atoms with van der Waals surface area (Å²) in [6.07, 6.45) is 1.39. The van der Waals surface area contributed by atoms with Crippen molar-refractivity contribution in [3.8, 4) is 5.75 Å². The third-order valence-electron chi connectivity index (χ3n) is 4.28. The van der Waals surface area contributed by atoms with Crippen molar-refractivity contribution >= 4 is 18.0 Å². The van der Waals surface area contributed by atoms with Crippen molar-refractivity contribution in [2.75, 3.05) is 33.4 Å². The summed E-state index contributed by atoms with van der Waals surface area (Å²) in [5.41, 5.74) is 0.375. The molecule has 1 unspecified atom stereocenters. The lowest BCUT2D eigenvalue weighted by Gasteiger charge is -2.30. The van der Waals surface area contributed by atoms with E-state index in [0.717, 1.165) is 7.11 Å². The molecule has 0 radical (unpaired) electrons. The van der Waals surface area contributed by atoms with E-state index < -0.39 is 30.5 Å². The molecule has 1 aromatic rings. The fourth-order valence-electron chi connectivity index (χ4n) is 2.81. The van der Waals surface area contributed by atoms with Crippen molar-refractivity contribution in [3.63, 3.8) is 0 Å². The lowest BCUT2D eigenvalue weighted by Crippen LogP contribution is -2.49. The number of methoxy groups -OCH3 is 1. The number of aliphatic hydroxyl groups is 1. The molecule has 1 aromatic carbocycles. The maximum Gasteiger partial charge on any atom is 0.387 e. The molecule has 1 amide bonds. The molecule has 1 aliphatic heterocycles. The third kappa shape index (κ3) is 6.00. The Kier molecular flexibility index (Phi) is 8.34. The summed E-state index contributed by atoms with van der Waals surface area (Å²) >= 11 is 0. The van der Waals surface area contributed by atoms with Crippen LogP contribution in [0.3, 0.4) is 0 Å². The number of hydrogen-bond donors (Lipinski definition) is 1. The van der Waals surface area contributed by atoms with Crippen LogP contribution in [-0.2, 0) is 19.1 Å². The van der Waals surface area contributed by atoms with Gasteiger partial charge in [-0.2, -0.15) is 8.78 Å². The maximum absolute atomic E-state index is 12.5. The van der Waals surface area contributed by atoms with Gasteiger partial charge in [0.05, 0.1) is 26.2 Å². The van der Waals surface area contributed by atoms with Gasteiger partial charge in [-0.15, -0.1) is 0 Å². The highest BCUT2D eigenvalue weighted by Gasteiger charge is 2.35. The molecular weight excluding hydrogens is 376 g/mol. The van der Waals surface area contributed by atoms with Crippen LogP contribution >= 0.6 is 0 Å². The van der Waals surface area contributed by atoms with Gasteiger partial charge in [0.2, 0.25) is 0 Å². The van der Waals surface area contributed by atoms with Gasteiger partial charge < -0.3 is 24.2 Å². The topological polar surface area (TPSA) is 85.3 Å². The number of morpholine rings is 1. The summed E-state index contributed by atoms with van der Waals surface area (Å²) in [4.78, 5) is 25.9. The Morgan fingerprint density at radius 1 is 1.29 bits per heavy atom. The van der Waals surface area contributed by atoms with Gasteiger partial charge in [0.25, 0.3) is 5.91 Å². The first-order valence-electron chi connectivity index (χ1n) is 8.77. The van der Waals surface area contributed by atoms with Crippen LogP contribution in [0, 0.1) is 5.92 Å². The average molecular weight is 399 g/mol. The smallest absolute Gasteiger partial charge is 0.387 e. The maximum atomic E-state index is 12.5. The number of allylic oxidation sites excluding steroid dienone is 1. The van der Waals surface area contributed by atoms with Crippen LogP contribution in [0.15, 0.2) is 30.3 Å². The van der Waals surface area contributed by atoms with E-state index in [-0.39, 0.29) is 12.2 Å². The van der Waals surface area contributed by atoms with Crippen LogP contribution in [0.5, 0.6) is 5.75 Å². The van der Waals surface area contributed by atoms with E-state index >= 15 is 0 Å². The van der Waals surface area contributed by atoms with E-state index in [1.807, 2.05) is 0 Å². The Morgan fingerprint density at radius 3 is 2.61 bits per heavy atom. The number of nitrogens with zero attached hydrogens (tertiary/aromatic N) is 1. The Morgan fingerprint density at radius 2 is 1.96 bits per heavy atom. The number of alkyl halides is 2. The number of benzene rings is 1. The van der Waals surface area contributed by atoms with Crippen molar-refractivity contribution in [1.82, 2.24) is 4.90 Å². The Hall–Kier alpha value is -2.52. The number of para-hydroxylation sites is 1. The first kappa shape index (κ1) is 21.8. The van der Waals surface area contributed by atoms with E-state index in [4.69, 9.17) is 9.47 Å². The second kappa shape index (κ2) is 10.7. The molecule has 2 atom stereocenters. The van der Waals surface area contributed by atoms with Crippen LogP contribution < -0.4 is 4.74 Å². The number of ether oxygens (including phenoxy) is 3. The van der Waals surface area contributed by atoms with E-state index in [1.165, 1.54) is 23.1 Å². The normalized spacial score (nSPS) is 16.8. The van der Waals surface area contributed by atoms with Crippen LogP contribution in [0.1, 0.15) is 12.0 Å². The lowest BCUT2D eigenvalue weighted by molar-refractivity contribution is -0.159. The predicted octanol–water partition coefficient (Wildman–Crippen LogP) is 1.70. The minimum Gasteiger partial charge on any atom is -0.469 e. The molecule has 28 heavy (non-hydrogen) atoms. The molecule has 1 heterocycles. The average Bonchev–Trinajstić information content (AvgIpc) is 2.71. The quantitative estimate of drug-likeness (QED) is 0.670. The van der Waals surface area contributed by atoms with Gasteiger partial charge >= 0.3 is 12.6 Å². The minimum atomic E-state index is -2.97. The summed E-state index contributed by atoms with van der Waals surface area (Å²) < 4.78 is 39.3. The Bertz CT molecular complexity index is 691. The van der Waals surface area contributed by atoms with Gasteiger partial charge in [0.1, 0.15) is 11.9 Å². The number of amides is 1. The van der Waals surface area contributed by atoms with Crippen LogP contribution in [-0.4, -0.2) is 68.0 Å². The molecule has 9 heteroatoms.